The van der Waals surface area contributed by atoms with Crippen molar-refractivity contribution in [2.75, 3.05) is 32.9 Å². The van der Waals surface area contributed by atoms with Gasteiger partial charge in [0.1, 0.15) is 0 Å². The SMILES string of the molecule is O=C(NO)C1(S(=O)(=O)N2CCC(c3cnc(OCC(F)(F)C(F)F)cn3)CC2)CCOCC1. The Kier molecular flexibility index (Phi) is 7.76. The first kappa shape index (κ1) is 25.5. The smallest absolute Gasteiger partial charge is 0.340 e. The van der Waals surface area contributed by atoms with Crippen molar-refractivity contribution in [3.05, 3.63) is 18.1 Å². The van der Waals surface area contributed by atoms with Crippen LogP contribution in [0.25, 0.3) is 0 Å². The molecule has 0 spiro atoms. The first-order valence-corrected chi connectivity index (χ1v) is 11.6. The van der Waals surface area contributed by atoms with Crippen LogP contribution in [0.5, 0.6) is 5.88 Å². The summed E-state index contributed by atoms with van der Waals surface area (Å²) < 4.78 is 86.0. The lowest BCUT2D eigenvalue weighted by Gasteiger charge is -2.40. The normalized spacial score (nSPS) is 20.5. The average Bonchev–Trinajstić information content (AvgIpc) is 2.83. The zero-order chi connectivity index (χ0) is 24.3. The number of carbonyl (C=O) groups is 1. The van der Waals surface area contributed by atoms with Gasteiger partial charge < -0.3 is 9.47 Å². The third-order valence-electron chi connectivity index (χ3n) is 5.90. The Hall–Kier alpha value is -2.10. The number of nitrogens with one attached hydrogen (secondary N) is 1. The zero-order valence-corrected chi connectivity index (χ0v) is 18.2. The number of ether oxygens (including phenoxy) is 2. The molecule has 0 saturated carbocycles. The molecule has 2 aliphatic heterocycles. The van der Waals surface area contributed by atoms with Gasteiger partial charge in [-0.1, -0.05) is 0 Å². The van der Waals surface area contributed by atoms with Crippen LogP contribution in [0.4, 0.5) is 17.6 Å². The van der Waals surface area contributed by atoms with Crippen molar-refractivity contribution in [2.45, 2.75) is 48.7 Å². The first-order chi connectivity index (χ1) is 15.5. The van der Waals surface area contributed by atoms with Gasteiger partial charge in [-0.05, 0) is 12.8 Å². The summed E-state index contributed by atoms with van der Waals surface area (Å²) in [5, 5.41) is 9.11. The molecule has 2 saturated heterocycles. The van der Waals surface area contributed by atoms with Crippen LogP contribution in [0.15, 0.2) is 12.4 Å². The molecule has 0 aromatic carbocycles. The number of rotatable bonds is 8. The summed E-state index contributed by atoms with van der Waals surface area (Å²) in [6.45, 7) is -1.22. The van der Waals surface area contributed by atoms with Gasteiger partial charge in [-0.15, -0.1) is 0 Å². The van der Waals surface area contributed by atoms with Gasteiger partial charge in [-0.3, -0.25) is 15.0 Å². The largest absolute Gasteiger partial charge is 0.470 e. The number of halogens is 4. The molecule has 1 aromatic heterocycles. The molecule has 33 heavy (non-hydrogen) atoms. The maximum absolute atomic E-state index is 13.3. The Bertz CT molecular complexity index is 920. The predicted octanol–water partition coefficient (Wildman–Crippen LogP) is 1.32. The lowest BCUT2D eigenvalue weighted by Crippen LogP contribution is -2.60. The van der Waals surface area contributed by atoms with E-state index in [0.29, 0.717) is 18.5 Å². The summed E-state index contributed by atoms with van der Waals surface area (Å²) in [4.78, 5) is 20.2. The number of piperidine rings is 1. The number of carbonyl (C=O) groups excluding carboxylic acids is 1. The molecule has 0 bridgehead atoms. The third-order valence-corrected chi connectivity index (χ3v) is 8.53. The van der Waals surface area contributed by atoms with E-state index in [9.17, 15) is 30.8 Å². The molecule has 2 fully saturated rings. The van der Waals surface area contributed by atoms with Gasteiger partial charge in [0.25, 0.3) is 5.91 Å². The van der Waals surface area contributed by atoms with Crippen molar-refractivity contribution in [2.24, 2.45) is 0 Å². The number of nitrogens with zero attached hydrogens (tertiary/aromatic N) is 3. The molecule has 1 aromatic rings. The van der Waals surface area contributed by atoms with Crippen LogP contribution in [0.2, 0.25) is 0 Å². The predicted molar refractivity (Wildman–Crippen MR) is 104 cm³/mol. The van der Waals surface area contributed by atoms with Crippen molar-refractivity contribution in [3.63, 3.8) is 0 Å². The van der Waals surface area contributed by atoms with E-state index < -0.39 is 39.6 Å². The first-order valence-electron chi connectivity index (χ1n) is 10.2. The summed E-state index contributed by atoms with van der Waals surface area (Å²) in [7, 11) is -4.11. The van der Waals surface area contributed by atoms with Gasteiger partial charge in [0.05, 0.1) is 18.1 Å². The van der Waals surface area contributed by atoms with E-state index in [1.807, 2.05) is 0 Å². The molecule has 3 rings (SSSR count). The molecule has 186 valence electrons. The minimum Gasteiger partial charge on any atom is -0.470 e. The molecule has 0 radical (unpaired) electrons. The lowest BCUT2D eigenvalue weighted by molar-refractivity contribution is -0.148. The Morgan fingerprint density at radius 2 is 1.91 bits per heavy atom. The summed E-state index contributed by atoms with van der Waals surface area (Å²) in [5.41, 5.74) is 1.93. The Balaban J connectivity index is 1.63. The highest BCUT2D eigenvalue weighted by Gasteiger charge is 2.54. The fraction of sp³-hybridized carbons (Fsp3) is 0.722. The van der Waals surface area contributed by atoms with Crippen LogP contribution in [0.1, 0.15) is 37.3 Å². The van der Waals surface area contributed by atoms with Crippen molar-refractivity contribution < 1.29 is 45.5 Å². The lowest BCUT2D eigenvalue weighted by atomic mass is 9.95. The van der Waals surface area contributed by atoms with Gasteiger partial charge in [0.2, 0.25) is 15.9 Å². The molecule has 2 N–H and O–H groups in total. The maximum atomic E-state index is 13.3. The molecule has 0 aliphatic carbocycles. The van der Waals surface area contributed by atoms with E-state index in [1.165, 1.54) is 16.0 Å². The second-order valence-electron chi connectivity index (χ2n) is 7.86. The second kappa shape index (κ2) is 10.0. The van der Waals surface area contributed by atoms with E-state index in [1.54, 1.807) is 0 Å². The summed E-state index contributed by atoms with van der Waals surface area (Å²) in [6, 6.07) is 0. The average molecular weight is 500 g/mol. The molecule has 1 amide bonds. The molecule has 3 heterocycles. The fourth-order valence-electron chi connectivity index (χ4n) is 3.89. The van der Waals surface area contributed by atoms with Crippen molar-refractivity contribution in [1.82, 2.24) is 19.8 Å². The standard InChI is InChI=1S/C18H24F4N4O6S/c19-15(20)18(21,22)11-32-14-10-23-13(9-24-14)12-1-5-26(6-2-12)33(29,30)17(16(27)25-28)3-7-31-8-4-17/h9-10,12,15,28H,1-8,11H2,(H,25,27). The molecule has 10 nitrogen and oxygen atoms in total. The maximum Gasteiger partial charge on any atom is 0.340 e. The molecule has 2 aliphatic rings. The van der Waals surface area contributed by atoms with E-state index >= 15 is 0 Å². The summed E-state index contributed by atoms with van der Waals surface area (Å²) in [5.74, 6) is -5.84. The highest BCUT2D eigenvalue weighted by molar-refractivity contribution is 7.91. The second-order valence-corrected chi connectivity index (χ2v) is 10.1. The quantitative estimate of drug-likeness (QED) is 0.311. The molecule has 15 heteroatoms. The van der Waals surface area contributed by atoms with Gasteiger partial charge in [-0.25, -0.2) is 32.0 Å². The zero-order valence-electron chi connectivity index (χ0n) is 17.4. The third kappa shape index (κ3) is 5.20. The molecule has 0 unspecified atom stereocenters. The fourth-order valence-corrected chi connectivity index (χ4v) is 6.04. The molecule has 0 atom stereocenters. The highest BCUT2D eigenvalue weighted by Crippen LogP contribution is 2.36. The number of aromatic nitrogens is 2. The van der Waals surface area contributed by atoms with Crippen LogP contribution in [-0.4, -0.2) is 83.8 Å². The summed E-state index contributed by atoms with van der Waals surface area (Å²) >= 11 is 0. The number of sulfonamides is 1. The number of amides is 1. The topological polar surface area (TPSA) is 131 Å². The Morgan fingerprint density at radius 3 is 2.42 bits per heavy atom. The minimum absolute atomic E-state index is 0.0658. The van der Waals surface area contributed by atoms with Crippen molar-refractivity contribution in [1.29, 1.82) is 0 Å². The van der Waals surface area contributed by atoms with Crippen molar-refractivity contribution in [3.8, 4) is 5.88 Å². The van der Waals surface area contributed by atoms with E-state index in [0.717, 1.165) is 6.20 Å². The van der Waals surface area contributed by atoms with E-state index in [2.05, 4.69) is 14.7 Å². The van der Waals surface area contributed by atoms with Gasteiger partial charge >= 0.3 is 12.3 Å². The Morgan fingerprint density at radius 1 is 1.27 bits per heavy atom. The van der Waals surface area contributed by atoms with Crippen LogP contribution in [0, 0.1) is 0 Å². The minimum atomic E-state index is -4.31. The number of alkyl halides is 4. The van der Waals surface area contributed by atoms with Gasteiger partial charge in [-0.2, -0.15) is 8.78 Å². The number of hydrogen-bond acceptors (Lipinski definition) is 8. The molecular formula is C18H24F4N4O6S. The summed E-state index contributed by atoms with van der Waals surface area (Å²) in [6.07, 6.45) is -1.02. The Labute approximate surface area is 187 Å². The van der Waals surface area contributed by atoms with Gasteiger partial charge in [0.15, 0.2) is 11.4 Å². The van der Waals surface area contributed by atoms with Crippen molar-refractivity contribution >= 4 is 15.9 Å². The highest BCUT2D eigenvalue weighted by atomic mass is 32.2. The van der Waals surface area contributed by atoms with Crippen LogP contribution < -0.4 is 10.2 Å². The number of hydrogen-bond donors (Lipinski definition) is 2. The molecular weight excluding hydrogens is 476 g/mol. The van der Waals surface area contributed by atoms with E-state index in [4.69, 9.17) is 9.94 Å². The number of hydroxylamine groups is 1. The van der Waals surface area contributed by atoms with Crippen LogP contribution in [0.3, 0.4) is 0 Å². The monoisotopic (exact) mass is 500 g/mol. The van der Waals surface area contributed by atoms with Crippen LogP contribution in [-0.2, 0) is 19.6 Å². The van der Waals surface area contributed by atoms with Crippen LogP contribution >= 0.6 is 0 Å². The van der Waals surface area contributed by atoms with Gasteiger partial charge in [0, 0.05) is 45.1 Å². The van der Waals surface area contributed by atoms with E-state index in [-0.39, 0.29) is 50.9 Å².